The lowest BCUT2D eigenvalue weighted by Gasteiger charge is -2.31. The summed E-state index contributed by atoms with van der Waals surface area (Å²) in [6, 6.07) is 0.340. The number of carbonyl (C=O) groups is 7. The molecule has 1 aliphatic heterocycles. The van der Waals surface area contributed by atoms with Crippen LogP contribution in [0.2, 0.25) is 0 Å². The maximum absolute atomic E-state index is 14.5. The second-order valence-corrected chi connectivity index (χ2v) is 15.9. The van der Waals surface area contributed by atoms with E-state index < -0.39 is 83.6 Å². The largest absolute Gasteiger partial charge is 0.370 e. The van der Waals surface area contributed by atoms with Gasteiger partial charge in [0.25, 0.3) is 0 Å². The van der Waals surface area contributed by atoms with Crippen molar-refractivity contribution < 1.29 is 33.6 Å². The van der Waals surface area contributed by atoms with Gasteiger partial charge in [-0.25, -0.2) is 0 Å². The molecule has 7 amide bonds. The summed E-state index contributed by atoms with van der Waals surface area (Å²) in [5.41, 5.74) is 23.6. The number of benzene rings is 1. The molecule has 59 heavy (non-hydrogen) atoms. The summed E-state index contributed by atoms with van der Waals surface area (Å²) in [7, 11) is 0. The van der Waals surface area contributed by atoms with Crippen molar-refractivity contribution in [3.8, 4) is 0 Å². The Morgan fingerprint density at radius 2 is 1.56 bits per heavy atom. The van der Waals surface area contributed by atoms with Crippen LogP contribution in [0, 0.1) is 5.92 Å². The highest BCUT2D eigenvalue weighted by Crippen LogP contribution is 2.24. The van der Waals surface area contributed by atoms with Gasteiger partial charge in [0.15, 0.2) is 5.96 Å². The molecule has 1 aromatic heterocycles. The quantitative estimate of drug-likeness (QED) is 0.0361. The molecule has 1 fully saturated rings. The topological polar surface area (TPSA) is 315 Å². The smallest absolute Gasteiger partial charge is 0.246 e. The number of H-pyrrole nitrogens is 1. The van der Waals surface area contributed by atoms with E-state index in [2.05, 4.69) is 36.6 Å². The molecule has 1 aliphatic rings. The number of guanidine groups is 1. The van der Waals surface area contributed by atoms with Gasteiger partial charge >= 0.3 is 0 Å². The monoisotopic (exact) mass is 842 g/mol. The average molecular weight is 843 g/mol. The number of hydrogen-bond acceptors (Lipinski definition) is 10. The van der Waals surface area contributed by atoms with E-state index in [9.17, 15) is 33.6 Å². The molecule has 14 N–H and O–H groups in total. The van der Waals surface area contributed by atoms with E-state index in [1.165, 1.54) is 30.5 Å². The maximum atomic E-state index is 14.5. The van der Waals surface area contributed by atoms with Crippen molar-refractivity contribution in [2.45, 2.75) is 115 Å². The number of primary amides is 1. The SMILES string of the molecule is CC[C@H](C)[C@@H](NC(=O)[C@H]1CCCN1C(=O)[C@@H](Cc1c[nH]c2ccccc12)NC(=O)[C@H](C)NC(=O)[C@H](CCSC)NC(=O)[C@H](C)N)C(=O)N[C@@H](CCCN=C(N)N)C(N)=O. The summed E-state index contributed by atoms with van der Waals surface area (Å²) in [4.78, 5) is 102. The molecule has 0 bridgehead atoms. The van der Waals surface area contributed by atoms with E-state index in [-0.39, 0.29) is 37.8 Å². The van der Waals surface area contributed by atoms with E-state index in [1.54, 1.807) is 13.1 Å². The predicted octanol–water partition coefficient (Wildman–Crippen LogP) is -1.17. The third-order valence-corrected chi connectivity index (χ3v) is 11.0. The fourth-order valence-corrected chi connectivity index (χ4v) is 7.18. The van der Waals surface area contributed by atoms with Crippen LogP contribution in [0.1, 0.15) is 71.8 Å². The highest BCUT2D eigenvalue weighted by molar-refractivity contribution is 7.98. The predicted molar refractivity (Wildman–Crippen MR) is 227 cm³/mol. The summed E-state index contributed by atoms with van der Waals surface area (Å²) in [6.45, 7) is 7.04. The fraction of sp³-hybridized carbons (Fsp3) is 0.590. The highest BCUT2D eigenvalue weighted by Gasteiger charge is 2.40. The minimum atomic E-state index is -1.16. The molecule has 8 atom stereocenters. The molecule has 19 nitrogen and oxygen atoms in total. The van der Waals surface area contributed by atoms with Crippen LogP contribution in [-0.2, 0) is 40.0 Å². The summed E-state index contributed by atoms with van der Waals surface area (Å²) in [6.07, 6.45) is 5.77. The van der Waals surface area contributed by atoms with Crippen LogP contribution in [0.25, 0.3) is 10.9 Å². The van der Waals surface area contributed by atoms with Crippen LogP contribution in [-0.4, -0.2) is 125 Å². The van der Waals surface area contributed by atoms with Crippen LogP contribution in [0.15, 0.2) is 35.5 Å². The number of thioether (sulfide) groups is 1. The second-order valence-electron chi connectivity index (χ2n) is 15.0. The number of nitrogens with two attached hydrogens (primary N) is 4. The Labute approximate surface area is 349 Å². The fourth-order valence-electron chi connectivity index (χ4n) is 6.71. The van der Waals surface area contributed by atoms with Crippen molar-refractivity contribution >= 4 is 70.0 Å². The van der Waals surface area contributed by atoms with Crippen molar-refractivity contribution in [1.29, 1.82) is 0 Å². The van der Waals surface area contributed by atoms with E-state index >= 15 is 0 Å². The summed E-state index contributed by atoms with van der Waals surface area (Å²) < 4.78 is 0. The molecule has 3 rings (SSSR count). The molecule has 0 saturated carbocycles. The van der Waals surface area contributed by atoms with Crippen LogP contribution in [0.3, 0.4) is 0 Å². The first kappa shape index (κ1) is 48.0. The number of carbonyl (C=O) groups excluding carboxylic acids is 7. The molecular formula is C39H62N12O7S. The molecule has 20 heteroatoms. The number of nitrogens with one attached hydrogen (secondary N) is 6. The number of aromatic amines is 1. The Bertz CT molecular complexity index is 1820. The first-order valence-corrected chi connectivity index (χ1v) is 21.3. The van der Waals surface area contributed by atoms with Gasteiger partial charge in [0.1, 0.15) is 36.3 Å². The molecular weight excluding hydrogens is 781 g/mol. The molecule has 2 aromatic rings. The minimum Gasteiger partial charge on any atom is -0.370 e. The standard InChI is InChI=1S/C39H62N12O7S/c1-6-21(2)31(37(57)47-27(32(41)52)13-9-16-44-39(42)43)50-36(56)30-14-10-17-51(30)38(58)29(19-24-20-45-26-12-8-7-11-25(24)26)49-34(54)23(4)46-35(55)28(15-18-59-5)48-33(53)22(3)40/h7-8,11-12,20-23,27-31,45H,6,9-10,13-19,40H2,1-5H3,(H2,41,52)(H,46,55)(H,47,57)(H,48,53)(H,49,54)(H,50,56)(H4,42,43,44)/t21-,22-,23-,27-,28-,29+,30+,31+/m0/s1. The molecule has 1 saturated heterocycles. The Hall–Kier alpha value is -5.37. The van der Waals surface area contributed by atoms with Crippen LogP contribution in [0.5, 0.6) is 0 Å². The number of aromatic nitrogens is 1. The van der Waals surface area contributed by atoms with E-state index in [0.717, 1.165) is 16.5 Å². The zero-order valence-corrected chi connectivity index (χ0v) is 35.4. The first-order chi connectivity index (χ1) is 28.0. The summed E-state index contributed by atoms with van der Waals surface area (Å²) in [5, 5.41) is 14.4. The van der Waals surface area contributed by atoms with Gasteiger partial charge in [-0.1, -0.05) is 38.5 Å². The van der Waals surface area contributed by atoms with E-state index in [0.29, 0.717) is 37.9 Å². The van der Waals surface area contributed by atoms with Crippen molar-refractivity contribution in [3.05, 3.63) is 36.0 Å². The molecule has 2 heterocycles. The van der Waals surface area contributed by atoms with Gasteiger partial charge in [0.05, 0.1) is 6.04 Å². The molecule has 0 aliphatic carbocycles. The van der Waals surface area contributed by atoms with Crippen molar-refractivity contribution in [1.82, 2.24) is 36.5 Å². The first-order valence-electron chi connectivity index (χ1n) is 19.9. The number of amides is 7. The van der Waals surface area contributed by atoms with Crippen LogP contribution >= 0.6 is 11.8 Å². The summed E-state index contributed by atoms with van der Waals surface area (Å²) in [5.74, 6) is -4.13. The molecule has 326 valence electrons. The molecule has 0 unspecified atom stereocenters. The molecule has 0 radical (unpaired) electrons. The number of aliphatic imine (C=N–C) groups is 1. The molecule has 1 aromatic carbocycles. The van der Waals surface area contributed by atoms with Crippen molar-refractivity contribution in [2.75, 3.05) is 25.1 Å². The van der Waals surface area contributed by atoms with Crippen molar-refractivity contribution in [2.24, 2.45) is 33.8 Å². The Balaban J connectivity index is 1.83. The zero-order chi connectivity index (χ0) is 43.8. The van der Waals surface area contributed by atoms with Gasteiger partial charge < -0.3 is 59.4 Å². The maximum Gasteiger partial charge on any atom is 0.246 e. The van der Waals surface area contributed by atoms with Gasteiger partial charge in [-0.15, -0.1) is 0 Å². The van der Waals surface area contributed by atoms with Crippen LogP contribution < -0.4 is 49.5 Å². The number of fused-ring (bicyclic) bond motifs is 1. The number of hydrogen-bond donors (Lipinski definition) is 10. The second kappa shape index (κ2) is 23.3. The third-order valence-electron chi connectivity index (χ3n) is 10.4. The number of likely N-dealkylation sites (tertiary alicyclic amines) is 1. The highest BCUT2D eigenvalue weighted by atomic mass is 32.2. The molecule has 0 spiro atoms. The van der Waals surface area contributed by atoms with Crippen LogP contribution in [0.4, 0.5) is 0 Å². The van der Waals surface area contributed by atoms with Crippen molar-refractivity contribution in [3.63, 3.8) is 0 Å². The number of nitrogens with zero attached hydrogens (tertiary/aromatic N) is 2. The lowest BCUT2D eigenvalue weighted by atomic mass is 9.97. The normalized spacial score (nSPS) is 17.3. The summed E-state index contributed by atoms with van der Waals surface area (Å²) >= 11 is 1.49. The minimum absolute atomic E-state index is 0.0521. The van der Waals surface area contributed by atoms with E-state index in [4.69, 9.17) is 22.9 Å². The van der Waals surface area contributed by atoms with Gasteiger partial charge in [0, 0.05) is 36.6 Å². The Morgan fingerprint density at radius 1 is 0.881 bits per heavy atom. The number of para-hydroxylation sites is 1. The lowest BCUT2D eigenvalue weighted by molar-refractivity contribution is -0.142. The van der Waals surface area contributed by atoms with E-state index in [1.807, 2.05) is 37.4 Å². The Morgan fingerprint density at radius 3 is 2.20 bits per heavy atom. The number of rotatable bonds is 23. The third kappa shape index (κ3) is 14.2. The zero-order valence-electron chi connectivity index (χ0n) is 34.5. The van der Waals surface area contributed by atoms with Gasteiger partial charge in [-0.2, -0.15) is 11.8 Å². The Kier molecular flexibility index (Phi) is 18.9. The van der Waals surface area contributed by atoms with Gasteiger partial charge in [-0.05, 0) is 75.5 Å². The van der Waals surface area contributed by atoms with Gasteiger partial charge in [0.2, 0.25) is 41.4 Å². The average Bonchev–Trinajstić information content (AvgIpc) is 3.86. The van der Waals surface area contributed by atoms with Gasteiger partial charge in [-0.3, -0.25) is 38.6 Å². The lowest BCUT2D eigenvalue weighted by Crippen LogP contribution is -2.60.